The number of rotatable bonds is 1. The lowest BCUT2D eigenvalue weighted by atomic mass is 10.1. The van der Waals surface area contributed by atoms with Crippen LogP contribution in [0.3, 0.4) is 0 Å². The number of halogens is 1. The van der Waals surface area contributed by atoms with Crippen molar-refractivity contribution in [3.8, 4) is 0 Å². The molecule has 11 heavy (non-hydrogen) atoms. The first kappa shape index (κ1) is 8.30. The molecule has 0 amide bonds. The summed E-state index contributed by atoms with van der Waals surface area (Å²) in [5, 5.41) is 0. The minimum absolute atomic E-state index is 0.379. The molecule has 0 atom stereocenters. The van der Waals surface area contributed by atoms with E-state index >= 15 is 0 Å². The lowest BCUT2D eigenvalue weighted by Gasteiger charge is -2.29. The Balaban J connectivity index is 1.99. The maximum absolute atomic E-state index is 2.63. The third-order valence-electron chi connectivity index (χ3n) is 3.15. The van der Waals surface area contributed by atoms with Gasteiger partial charge >= 0.3 is 0 Å². The minimum atomic E-state index is 0.379. The van der Waals surface area contributed by atoms with E-state index in [1.807, 2.05) is 0 Å². The molecule has 2 fully saturated rings. The molecule has 1 saturated carbocycles. The van der Waals surface area contributed by atoms with Crippen molar-refractivity contribution in [3.05, 3.63) is 0 Å². The van der Waals surface area contributed by atoms with Crippen LogP contribution in [0.2, 0.25) is 0 Å². The number of hydrogen-bond donors (Lipinski definition) is 0. The monoisotopic (exact) mass is 265 g/mol. The van der Waals surface area contributed by atoms with Crippen LogP contribution in [0.15, 0.2) is 0 Å². The van der Waals surface area contributed by atoms with Crippen molar-refractivity contribution < 1.29 is 0 Å². The van der Waals surface area contributed by atoms with E-state index in [2.05, 4.69) is 41.3 Å². The third kappa shape index (κ3) is 1.57. The summed E-state index contributed by atoms with van der Waals surface area (Å²) in [6.07, 6.45) is 4.45. The van der Waals surface area contributed by atoms with Gasteiger partial charge in [0.05, 0.1) is 3.55 Å². The lowest BCUT2D eigenvalue weighted by Crippen LogP contribution is -2.36. The van der Waals surface area contributed by atoms with Gasteiger partial charge in [-0.3, -0.25) is 4.90 Å². The van der Waals surface area contributed by atoms with Gasteiger partial charge in [0.1, 0.15) is 0 Å². The summed E-state index contributed by atoms with van der Waals surface area (Å²) in [5.41, 5.74) is 0.794. The average Bonchev–Trinajstić information content (AvgIpc) is 2.38. The molecular formula is C9H16IN. The Kier molecular flexibility index (Phi) is 1.77. The van der Waals surface area contributed by atoms with Gasteiger partial charge in [-0.15, -0.1) is 0 Å². The van der Waals surface area contributed by atoms with Crippen molar-refractivity contribution in [2.45, 2.75) is 36.7 Å². The molecule has 2 aliphatic rings. The number of hydrogen-bond acceptors (Lipinski definition) is 1. The largest absolute Gasteiger partial charge is 0.289 e. The molecule has 0 N–H and O–H groups in total. The molecule has 64 valence electrons. The highest BCUT2D eigenvalue weighted by atomic mass is 127. The van der Waals surface area contributed by atoms with Crippen molar-refractivity contribution >= 4 is 22.6 Å². The normalized spacial score (nSPS) is 29.7. The van der Waals surface area contributed by atoms with E-state index in [0.717, 1.165) is 5.41 Å². The maximum atomic E-state index is 2.63. The highest BCUT2D eigenvalue weighted by Gasteiger charge is 2.49. The Hall–Kier alpha value is 0.690. The first-order chi connectivity index (χ1) is 5.02. The molecule has 0 aromatic heterocycles. The molecule has 2 heteroatoms. The Labute approximate surface area is 82.7 Å². The SMILES string of the molecule is CC(C)(I)N1CCC2(CC2)C1. The van der Waals surface area contributed by atoms with E-state index in [9.17, 15) is 0 Å². The van der Waals surface area contributed by atoms with Gasteiger partial charge in [0.15, 0.2) is 0 Å². The average molecular weight is 265 g/mol. The Morgan fingerprint density at radius 3 is 2.18 bits per heavy atom. The maximum Gasteiger partial charge on any atom is 0.0673 e. The zero-order valence-corrected chi connectivity index (χ0v) is 9.52. The first-order valence-electron chi connectivity index (χ1n) is 4.46. The molecule has 1 aliphatic carbocycles. The number of alkyl halides is 1. The van der Waals surface area contributed by atoms with Crippen LogP contribution in [0.25, 0.3) is 0 Å². The molecule has 1 spiro atoms. The Morgan fingerprint density at radius 1 is 1.27 bits per heavy atom. The zero-order chi connectivity index (χ0) is 8.11. The molecule has 0 radical (unpaired) electrons. The number of nitrogens with zero attached hydrogens (tertiary/aromatic N) is 1. The van der Waals surface area contributed by atoms with Crippen LogP contribution < -0.4 is 0 Å². The summed E-state index contributed by atoms with van der Waals surface area (Å²) >= 11 is 2.55. The number of likely N-dealkylation sites (tertiary alicyclic amines) is 1. The van der Waals surface area contributed by atoms with Crippen molar-refractivity contribution in [1.82, 2.24) is 4.90 Å². The molecule has 0 aromatic rings. The molecule has 1 aliphatic heterocycles. The van der Waals surface area contributed by atoms with E-state index < -0.39 is 0 Å². The predicted octanol–water partition coefficient (Wildman–Crippen LogP) is 2.64. The van der Waals surface area contributed by atoms with Gasteiger partial charge in [0.25, 0.3) is 0 Å². The van der Waals surface area contributed by atoms with Gasteiger partial charge < -0.3 is 0 Å². The quantitative estimate of drug-likeness (QED) is 0.400. The molecule has 0 bridgehead atoms. The fourth-order valence-electron chi connectivity index (χ4n) is 1.97. The molecule has 2 rings (SSSR count). The van der Waals surface area contributed by atoms with E-state index in [1.165, 1.54) is 32.4 Å². The smallest absolute Gasteiger partial charge is 0.0673 e. The summed E-state index contributed by atoms with van der Waals surface area (Å²) < 4.78 is 0.379. The summed E-state index contributed by atoms with van der Waals surface area (Å²) in [5.74, 6) is 0. The molecule has 1 nitrogen and oxygen atoms in total. The van der Waals surface area contributed by atoms with Gasteiger partial charge in [-0.2, -0.15) is 0 Å². The second-order valence-electron chi connectivity index (χ2n) is 4.58. The van der Waals surface area contributed by atoms with Crippen LogP contribution in [0, 0.1) is 5.41 Å². The fraction of sp³-hybridized carbons (Fsp3) is 1.00. The van der Waals surface area contributed by atoms with Crippen LogP contribution in [0.4, 0.5) is 0 Å². The van der Waals surface area contributed by atoms with Gasteiger partial charge in [-0.05, 0) is 45.1 Å². The molecular weight excluding hydrogens is 249 g/mol. The summed E-state index contributed by atoms with van der Waals surface area (Å²) in [6.45, 7) is 7.32. The second kappa shape index (κ2) is 2.34. The highest BCUT2D eigenvalue weighted by Crippen LogP contribution is 2.54. The van der Waals surface area contributed by atoms with Crippen molar-refractivity contribution in [3.63, 3.8) is 0 Å². The predicted molar refractivity (Wildman–Crippen MR) is 56.0 cm³/mol. The van der Waals surface area contributed by atoms with Gasteiger partial charge in [-0.1, -0.05) is 22.6 Å². The zero-order valence-electron chi connectivity index (χ0n) is 7.36. The van der Waals surface area contributed by atoms with E-state index in [4.69, 9.17) is 0 Å². The van der Waals surface area contributed by atoms with Crippen molar-refractivity contribution in [2.75, 3.05) is 13.1 Å². The summed E-state index contributed by atoms with van der Waals surface area (Å²) in [6, 6.07) is 0. The van der Waals surface area contributed by atoms with Crippen molar-refractivity contribution in [1.29, 1.82) is 0 Å². The molecule has 0 unspecified atom stereocenters. The van der Waals surface area contributed by atoms with E-state index in [-0.39, 0.29) is 0 Å². The van der Waals surface area contributed by atoms with Crippen LogP contribution in [0.5, 0.6) is 0 Å². The first-order valence-corrected chi connectivity index (χ1v) is 5.54. The van der Waals surface area contributed by atoms with Crippen molar-refractivity contribution in [2.24, 2.45) is 5.41 Å². The molecule has 0 aromatic carbocycles. The molecule has 1 saturated heterocycles. The van der Waals surface area contributed by atoms with Crippen LogP contribution in [-0.4, -0.2) is 21.5 Å². The Bertz CT molecular complexity index is 167. The summed E-state index contributed by atoms with van der Waals surface area (Å²) in [7, 11) is 0. The standard InChI is InChI=1S/C9H16IN/c1-8(2,10)11-6-5-9(7-11)3-4-9/h3-7H2,1-2H3. The topological polar surface area (TPSA) is 3.24 Å². The van der Waals surface area contributed by atoms with Gasteiger partial charge in [0, 0.05) is 6.54 Å². The second-order valence-corrected chi connectivity index (χ2v) is 7.22. The fourth-order valence-corrected chi connectivity index (χ4v) is 2.39. The van der Waals surface area contributed by atoms with Gasteiger partial charge in [-0.25, -0.2) is 0 Å². The molecule has 1 heterocycles. The van der Waals surface area contributed by atoms with E-state index in [1.54, 1.807) is 0 Å². The summed E-state index contributed by atoms with van der Waals surface area (Å²) in [4.78, 5) is 2.63. The van der Waals surface area contributed by atoms with Crippen LogP contribution in [-0.2, 0) is 0 Å². The minimum Gasteiger partial charge on any atom is -0.289 e. The highest BCUT2D eigenvalue weighted by molar-refractivity contribution is 14.1. The van der Waals surface area contributed by atoms with Crippen LogP contribution >= 0.6 is 22.6 Å². The van der Waals surface area contributed by atoms with E-state index in [0.29, 0.717) is 3.55 Å². The van der Waals surface area contributed by atoms with Crippen LogP contribution in [0.1, 0.15) is 33.1 Å². The Morgan fingerprint density at radius 2 is 1.91 bits per heavy atom. The van der Waals surface area contributed by atoms with Gasteiger partial charge in [0.2, 0.25) is 0 Å². The third-order valence-corrected chi connectivity index (χ3v) is 3.83. The lowest BCUT2D eigenvalue weighted by molar-refractivity contribution is 0.248.